The number of nitrogens with zero attached hydrogens (tertiary/aromatic N) is 13. The zero-order chi connectivity index (χ0) is 87.3. The van der Waals surface area contributed by atoms with Gasteiger partial charge in [0, 0.05) is 72.0 Å². The lowest BCUT2D eigenvalue weighted by atomic mass is 9.93. The lowest BCUT2D eigenvalue weighted by Crippen LogP contribution is -2.05. The fourth-order valence-electron chi connectivity index (χ4n) is 17.3. The average molecular weight is 1680 g/mol. The molecule has 5 aromatic heterocycles. The Morgan fingerprint density at radius 1 is 0.183 bits per heavy atom. The van der Waals surface area contributed by atoms with Gasteiger partial charge >= 0.3 is 0 Å². The van der Waals surface area contributed by atoms with E-state index in [0.29, 0.717) is 69.6 Å². The van der Waals surface area contributed by atoms with Crippen LogP contribution in [0.2, 0.25) is 0 Å². The first-order chi connectivity index (χ1) is 64.8. The second-order valence-corrected chi connectivity index (χ2v) is 31.9. The molecular weight excluding hydrogens is 1610 g/mol. The first-order valence-corrected chi connectivity index (χ1v) is 43.5. The van der Waals surface area contributed by atoms with Gasteiger partial charge in [0.15, 0.2) is 69.9 Å². The Morgan fingerprint density at radius 2 is 0.481 bits per heavy atom. The zero-order valence-electron chi connectivity index (χ0n) is 70.6. The third kappa shape index (κ3) is 16.2. The third-order valence-electron chi connectivity index (χ3n) is 23.6. The molecule has 0 bridgehead atoms. The van der Waals surface area contributed by atoms with Gasteiger partial charge in [0.1, 0.15) is 5.82 Å². The van der Waals surface area contributed by atoms with Gasteiger partial charge in [-0.05, 0) is 133 Å². The molecular formula is C117H76FN13. The smallest absolute Gasteiger partial charge is 0.167 e. The molecule has 0 saturated carbocycles. The van der Waals surface area contributed by atoms with E-state index in [9.17, 15) is 0 Å². The van der Waals surface area contributed by atoms with Crippen molar-refractivity contribution in [3.05, 3.63) is 466 Å². The van der Waals surface area contributed by atoms with E-state index in [-0.39, 0.29) is 11.4 Å². The summed E-state index contributed by atoms with van der Waals surface area (Å²) in [7, 11) is 0. The van der Waals surface area contributed by atoms with Crippen LogP contribution in [0.1, 0.15) is 11.1 Å². The quantitative estimate of drug-likeness (QED) is 0.0957. The van der Waals surface area contributed by atoms with Gasteiger partial charge in [-0.25, -0.2) is 64.2 Å². The summed E-state index contributed by atoms with van der Waals surface area (Å²) in [5, 5.41) is 7.31. The van der Waals surface area contributed by atoms with E-state index in [4.69, 9.17) is 59.8 Å². The fraction of sp³-hybridized carbons (Fsp3) is 0.00855. The lowest BCUT2D eigenvalue weighted by Gasteiger charge is -2.16. The highest BCUT2D eigenvalue weighted by Gasteiger charge is 2.27. The van der Waals surface area contributed by atoms with Crippen LogP contribution < -0.4 is 0 Å². The van der Waals surface area contributed by atoms with E-state index in [1.54, 1.807) is 12.1 Å². The van der Waals surface area contributed by atoms with Crippen molar-refractivity contribution >= 4 is 43.4 Å². The highest BCUT2D eigenvalue weighted by atomic mass is 19.1. The SMILES string of the molecule is Fc1ccc(-c2nc(-c3ccccc3)nc(-c3ccccc3)n2)cc1-c1nc(-c2ccccc2)nc(-c2ccccc2)n1.c1ccc(-c2nc(-c3ccccc3)nc(-c3ccc(-n4c5ccccc5c5c(-c6ccc7ccccc7c6)cccc54)c(-c4nc(-c5ccccc5)nc(-c5ccccc5)n4)c3)n2)cc1.c1ccc2c(c1)Cc1cccc(-c3ccc4ccccc4c3)c1-2. The molecule has 0 aliphatic heterocycles. The van der Waals surface area contributed by atoms with Gasteiger partial charge in [-0.1, -0.05) is 388 Å². The molecule has 23 aromatic rings. The predicted octanol–water partition coefficient (Wildman–Crippen LogP) is 28.3. The van der Waals surface area contributed by atoms with Crippen molar-refractivity contribution in [3.8, 4) is 176 Å². The molecule has 5 heterocycles. The van der Waals surface area contributed by atoms with Gasteiger partial charge in [-0.3, -0.25) is 0 Å². The number of rotatable bonds is 15. The average Bonchev–Trinajstić information content (AvgIpc) is 1.57. The molecule has 0 fully saturated rings. The number of halogens is 1. The Balaban J connectivity index is 0.000000129. The number of fused-ring (bicyclic) bond motifs is 8. The maximum absolute atomic E-state index is 15.6. The van der Waals surface area contributed by atoms with Gasteiger partial charge in [0.2, 0.25) is 0 Å². The van der Waals surface area contributed by atoms with E-state index >= 15 is 4.39 Å². The topological polar surface area (TPSA) is 160 Å². The summed E-state index contributed by atoms with van der Waals surface area (Å²) in [5.41, 5.74) is 23.0. The van der Waals surface area contributed by atoms with Gasteiger partial charge in [-0.2, -0.15) is 0 Å². The summed E-state index contributed by atoms with van der Waals surface area (Å²) in [5.74, 6) is 5.48. The van der Waals surface area contributed by atoms with Crippen molar-refractivity contribution in [1.29, 1.82) is 0 Å². The Bertz CT molecular complexity index is 7950. The van der Waals surface area contributed by atoms with E-state index in [1.165, 1.54) is 61.0 Å². The van der Waals surface area contributed by atoms with Crippen LogP contribution in [-0.2, 0) is 6.42 Å². The van der Waals surface area contributed by atoms with Crippen molar-refractivity contribution in [1.82, 2.24) is 64.4 Å². The molecule has 1 aliphatic carbocycles. The molecule has 0 N–H and O–H groups in total. The van der Waals surface area contributed by atoms with E-state index in [1.807, 2.05) is 243 Å². The van der Waals surface area contributed by atoms with Gasteiger partial charge in [0.25, 0.3) is 0 Å². The van der Waals surface area contributed by atoms with E-state index < -0.39 is 5.82 Å². The van der Waals surface area contributed by atoms with Crippen molar-refractivity contribution in [3.63, 3.8) is 0 Å². The molecule has 24 rings (SSSR count). The number of benzene rings is 18. The van der Waals surface area contributed by atoms with Crippen LogP contribution in [0.3, 0.4) is 0 Å². The predicted molar refractivity (Wildman–Crippen MR) is 527 cm³/mol. The van der Waals surface area contributed by atoms with Crippen LogP contribution in [-0.4, -0.2) is 64.4 Å². The minimum atomic E-state index is -0.464. The Labute approximate surface area is 755 Å². The molecule has 18 aromatic carbocycles. The molecule has 0 unspecified atom stereocenters. The summed E-state index contributed by atoms with van der Waals surface area (Å²) >= 11 is 0. The first-order valence-electron chi connectivity index (χ1n) is 43.5. The van der Waals surface area contributed by atoms with Crippen molar-refractivity contribution in [2.45, 2.75) is 6.42 Å². The monoisotopic (exact) mass is 1680 g/mol. The molecule has 0 atom stereocenters. The largest absolute Gasteiger partial charge is 0.308 e. The summed E-state index contributed by atoms with van der Waals surface area (Å²) in [4.78, 5) is 59.4. The molecule has 131 heavy (non-hydrogen) atoms. The lowest BCUT2D eigenvalue weighted by molar-refractivity contribution is 0.630. The summed E-state index contributed by atoms with van der Waals surface area (Å²) in [6.45, 7) is 0. The molecule has 0 radical (unpaired) electrons. The van der Waals surface area contributed by atoms with Crippen molar-refractivity contribution in [2.24, 2.45) is 0 Å². The highest BCUT2D eigenvalue weighted by Crippen LogP contribution is 2.46. The number of aromatic nitrogens is 13. The Morgan fingerprint density at radius 3 is 0.916 bits per heavy atom. The third-order valence-corrected chi connectivity index (χ3v) is 23.6. The minimum absolute atomic E-state index is 0.215. The van der Waals surface area contributed by atoms with Crippen LogP contribution >= 0.6 is 0 Å². The van der Waals surface area contributed by atoms with Crippen LogP contribution in [0, 0.1) is 5.82 Å². The molecule has 0 spiro atoms. The van der Waals surface area contributed by atoms with Crippen LogP contribution in [0.15, 0.2) is 449 Å². The maximum atomic E-state index is 15.6. The number of para-hydroxylation sites is 1. The normalized spacial score (nSPS) is 11.4. The van der Waals surface area contributed by atoms with Crippen LogP contribution in [0.4, 0.5) is 4.39 Å². The molecule has 13 nitrogen and oxygen atoms in total. The molecule has 0 saturated heterocycles. The summed E-state index contributed by atoms with van der Waals surface area (Å²) in [6.07, 6.45) is 1.05. The summed E-state index contributed by atoms with van der Waals surface area (Å²) in [6, 6.07) is 151. The zero-order valence-corrected chi connectivity index (χ0v) is 70.6. The number of hydrogen-bond acceptors (Lipinski definition) is 12. The second kappa shape index (κ2) is 35.3. The second-order valence-electron chi connectivity index (χ2n) is 31.9. The first kappa shape index (κ1) is 79.2. The Kier molecular flexibility index (Phi) is 21.4. The Hall–Kier alpha value is -17.8. The van der Waals surface area contributed by atoms with Crippen LogP contribution in [0.5, 0.6) is 0 Å². The molecule has 14 heteroatoms. The van der Waals surface area contributed by atoms with E-state index in [2.05, 4.69) is 193 Å². The molecule has 616 valence electrons. The standard InChI is InChI=1S/C58H37N7.C36H23FN6.C23H16/c1-5-19-39(20-6-1)53-59-54(40-21-7-2-8-22-40)62-57(61-53)45-34-35-50(48(37-45)58-63-55(41-23-9-3-10-24-41)60-56(64-58)42-25-11-4-12-26-42)65-49-30-16-15-28-47(49)52-46(29-17-31-51(52)65)44-33-32-38-18-13-14-27-43(38)36-44;37-30-22-21-28(35-40-31(24-13-5-1-6-14-24)38-32(41-35)25-15-7-2-8-16-25)23-29(30)36-42-33(26-17-9-3-10-18-26)39-34(43-36)27-19-11-4-12-20-27;1-2-7-17-14-19(13-12-16(17)6-1)22-11-5-9-20-15-18-8-3-4-10-21(18)23(20)22/h1-37H;1-23H;1-14H,15H2. The molecule has 0 amide bonds. The maximum Gasteiger partial charge on any atom is 0.167 e. The number of hydrogen-bond donors (Lipinski definition) is 0. The van der Waals surface area contributed by atoms with Crippen LogP contribution in [0.25, 0.3) is 219 Å². The van der Waals surface area contributed by atoms with Crippen molar-refractivity contribution in [2.75, 3.05) is 0 Å². The van der Waals surface area contributed by atoms with Crippen molar-refractivity contribution < 1.29 is 4.39 Å². The fourth-order valence-corrected chi connectivity index (χ4v) is 17.3. The molecule has 1 aliphatic rings. The summed E-state index contributed by atoms with van der Waals surface area (Å²) < 4.78 is 17.9. The van der Waals surface area contributed by atoms with Gasteiger partial charge in [-0.15, -0.1) is 0 Å². The van der Waals surface area contributed by atoms with E-state index in [0.717, 1.165) is 101 Å². The highest BCUT2D eigenvalue weighted by molar-refractivity contribution is 6.16. The van der Waals surface area contributed by atoms with Gasteiger partial charge < -0.3 is 4.57 Å². The minimum Gasteiger partial charge on any atom is -0.308 e. The van der Waals surface area contributed by atoms with Gasteiger partial charge in [0.05, 0.1) is 22.3 Å².